The monoisotopic (exact) mass is 604 g/mol. The maximum atomic E-state index is 14.1. The van der Waals surface area contributed by atoms with Gasteiger partial charge in [0, 0.05) is 25.6 Å². The molecule has 0 spiro atoms. The number of aryl methyl sites for hydroxylation is 1. The Labute approximate surface area is 259 Å². The van der Waals surface area contributed by atoms with Crippen LogP contribution in [-0.2, 0) is 43.5 Å². The summed E-state index contributed by atoms with van der Waals surface area (Å²) in [4.78, 5) is 47.7. The number of carbonyl (C=O) groups is 3. The molecule has 236 valence electrons. The van der Waals surface area contributed by atoms with Crippen LogP contribution < -0.4 is 5.48 Å². The Morgan fingerprint density at radius 3 is 2.36 bits per heavy atom. The van der Waals surface area contributed by atoms with Gasteiger partial charge in [0.25, 0.3) is 11.8 Å². The Balaban J connectivity index is 1.66. The maximum Gasteiger partial charge on any atom is 0.268 e. The molecule has 11 nitrogen and oxygen atoms in total. The van der Waals surface area contributed by atoms with Gasteiger partial charge in [0.2, 0.25) is 5.91 Å². The van der Waals surface area contributed by atoms with Crippen LogP contribution >= 0.6 is 0 Å². The highest BCUT2D eigenvalue weighted by Gasteiger charge is 2.37. The molecule has 1 aromatic heterocycles. The van der Waals surface area contributed by atoms with E-state index in [-0.39, 0.29) is 31.3 Å². The second-order valence-corrected chi connectivity index (χ2v) is 11.5. The molecule has 1 aliphatic rings. The minimum absolute atomic E-state index is 0.0941. The van der Waals surface area contributed by atoms with Crippen LogP contribution in [0.4, 0.5) is 0 Å². The van der Waals surface area contributed by atoms with Gasteiger partial charge in [0.05, 0.1) is 12.7 Å². The number of amides is 3. The Kier molecular flexibility index (Phi) is 12.9. The van der Waals surface area contributed by atoms with Crippen LogP contribution in [0.15, 0.2) is 73.1 Å². The lowest BCUT2D eigenvalue weighted by molar-refractivity contribution is -0.206. The van der Waals surface area contributed by atoms with Crippen molar-refractivity contribution in [1.29, 1.82) is 0 Å². The first kappa shape index (κ1) is 32.8. The van der Waals surface area contributed by atoms with Crippen LogP contribution in [0.5, 0.6) is 0 Å². The highest BCUT2D eigenvalue weighted by atomic mass is 16.8. The van der Waals surface area contributed by atoms with Crippen molar-refractivity contribution in [2.24, 2.45) is 5.92 Å². The number of benzene rings is 2. The number of nitrogens with zero attached hydrogens (tertiary/aromatic N) is 5. The zero-order valence-electron chi connectivity index (χ0n) is 25.7. The van der Waals surface area contributed by atoms with Gasteiger partial charge in [-0.05, 0) is 55.6 Å². The fourth-order valence-electron chi connectivity index (χ4n) is 5.09. The highest BCUT2D eigenvalue weighted by Crippen LogP contribution is 2.21. The number of hydrogen-bond acceptors (Lipinski definition) is 7. The Bertz CT molecular complexity index is 1280. The third-order valence-corrected chi connectivity index (χ3v) is 7.50. The second kappa shape index (κ2) is 17.3. The van der Waals surface area contributed by atoms with Gasteiger partial charge < -0.3 is 4.74 Å². The lowest BCUT2D eigenvalue weighted by Crippen LogP contribution is -2.59. The maximum absolute atomic E-state index is 14.1. The Morgan fingerprint density at radius 2 is 1.73 bits per heavy atom. The van der Waals surface area contributed by atoms with Crippen LogP contribution in [0.2, 0.25) is 0 Å². The van der Waals surface area contributed by atoms with Crippen molar-refractivity contribution in [3.05, 3.63) is 84.2 Å². The van der Waals surface area contributed by atoms with E-state index >= 15 is 0 Å². The first-order chi connectivity index (χ1) is 21.4. The predicted molar refractivity (Wildman–Crippen MR) is 164 cm³/mol. The third-order valence-electron chi connectivity index (χ3n) is 7.50. The van der Waals surface area contributed by atoms with Crippen molar-refractivity contribution in [3.8, 4) is 0 Å². The van der Waals surface area contributed by atoms with E-state index in [1.54, 1.807) is 6.20 Å². The first-order valence-electron chi connectivity index (χ1n) is 15.5. The summed E-state index contributed by atoms with van der Waals surface area (Å²) < 4.78 is 7.05. The van der Waals surface area contributed by atoms with E-state index in [4.69, 9.17) is 9.57 Å². The molecule has 3 aromatic rings. The lowest BCUT2D eigenvalue weighted by Gasteiger charge is -2.40. The molecule has 44 heavy (non-hydrogen) atoms. The molecule has 0 bridgehead atoms. The summed E-state index contributed by atoms with van der Waals surface area (Å²) in [6.07, 6.45) is 7.46. The zero-order chi connectivity index (χ0) is 31.1. The molecular weight excluding hydrogens is 560 g/mol. The number of rotatable bonds is 15. The molecule has 2 heterocycles. The minimum atomic E-state index is -1.01. The normalized spacial score (nSPS) is 15.5. The molecule has 2 aromatic carbocycles. The molecule has 1 fully saturated rings. The summed E-state index contributed by atoms with van der Waals surface area (Å²) in [5, 5.41) is 10.5. The summed E-state index contributed by atoms with van der Waals surface area (Å²) in [5.41, 5.74) is 4.52. The summed E-state index contributed by atoms with van der Waals surface area (Å²) in [6, 6.07) is 18.4. The van der Waals surface area contributed by atoms with Gasteiger partial charge in [-0.25, -0.2) is 25.0 Å². The molecule has 4 rings (SSSR count). The Morgan fingerprint density at radius 1 is 1.00 bits per heavy atom. The molecule has 1 N–H and O–H groups in total. The van der Waals surface area contributed by atoms with Gasteiger partial charge in [0.1, 0.15) is 12.6 Å². The van der Waals surface area contributed by atoms with Crippen LogP contribution in [0.1, 0.15) is 69.9 Å². The molecule has 11 heteroatoms. The SMILES string of the molecule is CC(C)CCC(=O)N([C@@H](CCCc1ccccc1)C(=O)NO[C@@H]1CCCCO1)N(Cc1ccccc1)C(=O)Cn1ccnn1. The van der Waals surface area contributed by atoms with E-state index in [1.165, 1.54) is 20.9 Å². The fraction of sp³-hybridized carbons (Fsp3) is 0.485. The number of hydrazine groups is 1. The highest BCUT2D eigenvalue weighted by molar-refractivity contribution is 5.89. The second-order valence-electron chi connectivity index (χ2n) is 11.5. The topological polar surface area (TPSA) is 119 Å². The predicted octanol–water partition coefficient (Wildman–Crippen LogP) is 4.45. The molecule has 0 unspecified atom stereocenters. The van der Waals surface area contributed by atoms with E-state index in [0.29, 0.717) is 38.7 Å². The third kappa shape index (κ3) is 10.3. The number of hydrogen-bond donors (Lipinski definition) is 1. The van der Waals surface area contributed by atoms with E-state index < -0.39 is 24.1 Å². The lowest BCUT2D eigenvalue weighted by atomic mass is 10.0. The van der Waals surface area contributed by atoms with Crippen molar-refractivity contribution < 1.29 is 24.0 Å². The van der Waals surface area contributed by atoms with Gasteiger partial charge in [-0.2, -0.15) is 0 Å². The molecule has 0 saturated carbocycles. The molecule has 3 amide bonds. The van der Waals surface area contributed by atoms with Crippen molar-refractivity contribution in [2.75, 3.05) is 6.61 Å². The molecule has 1 aliphatic heterocycles. The average molecular weight is 605 g/mol. The van der Waals surface area contributed by atoms with Crippen molar-refractivity contribution in [1.82, 2.24) is 30.5 Å². The van der Waals surface area contributed by atoms with Crippen molar-refractivity contribution >= 4 is 17.7 Å². The minimum Gasteiger partial charge on any atom is -0.350 e. The fourth-order valence-corrected chi connectivity index (χ4v) is 5.09. The molecule has 0 aliphatic carbocycles. The van der Waals surface area contributed by atoms with Gasteiger partial charge in [-0.1, -0.05) is 79.7 Å². The van der Waals surface area contributed by atoms with Crippen molar-refractivity contribution in [2.45, 2.75) is 90.6 Å². The number of hydroxylamine groups is 1. The quantitative estimate of drug-likeness (QED) is 0.255. The van der Waals surface area contributed by atoms with E-state index in [2.05, 4.69) is 15.8 Å². The van der Waals surface area contributed by atoms with Crippen LogP contribution in [0.3, 0.4) is 0 Å². The van der Waals surface area contributed by atoms with E-state index in [0.717, 1.165) is 24.0 Å². The standard InChI is InChI=1S/C33H44N6O5/c1-26(2)19-20-30(40)39(38(24-28-14-7-4-8-15-28)31(41)25-37-22-21-34-36-37)29(17-11-16-27-12-5-3-6-13-27)33(42)35-44-32-18-9-10-23-43-32/h3-8,12-15,21-22,26,29,32H,9-11,16-20,23-25H2,1-2H3,(H,35,42)/t29-,32+/m0/s1. The van der Waals surface area contributed by atoms with Crippen LogP contribution in [0, 0.1) is 5.92 Å². The summed E-state index contributed by atoms with van der Waals surface area (Å²) in [7, 11) is 0. The van der Waals surface area contributed by atoms with Gasteiger partial charge >= 0.3 is 0 Å². The van der Waals surface area contributed by atoms with Crippen LogP contribution in [-0.4, -0.2) is 61.7 Å². The largest absolute Gasteiger partial charge is 0.350 e. The summed E-state index contributed by atoms with van der Waals surface area (Å²) >= 11 is 0. The van der Waals surface area contributed by atoms with Gasteiger partial charge in [-0.3, -0.25) is 14.4 Å². The molecular formula is C33H44N6O5. The average Bonchev–Trinajstić information content (AvgIpc) is 3.56. The first-order valence-corrected chi connectivity index (χ1v) is 15.5. The zero-order valence-corrected chi connectivity index (χ0v) is 25.7. The van der Waals surface area contributed by atoms with E-state index in [1.807, 2.05) is 74.5 Å². The molecule has 0 radical (unpaired) electrons. The summed E-state index contributed by atoms with van der Waals surface area (Å²) in [6.45, 7) is 4.58. The van der Waals surface area contributed by atoms with Crippen molar-refractivity contribution in [3.63, 3.8) is 0 Å². The number of carbonyl (C=O) groups excluding carboxylic acids is 3. The number of ether oxygens (including phenoxy) is 1. The van der Waals surface area contributed by atoms with Gasteiger partial charge in [0.15, 0.2) is 6.29 Å². The molecule has 1 saturated heterocycles. The summed E-state index contributed by atoms with van der Waals surface area (Å²) in [5.74, 6) is -0.951. The molecule has 2 atom stereocenters. The smallest absolute Gasteiger partial charge is 0.268 e. The number of nitrogens with one attached hydrogen (secondary N) is 1. The van der Waals surface area contributed by atoms with Crippen LogP contribution in [0.25, 0.3) is 0 Å². The van der Waals surface area contributed by atoms with Gasteiger partial charge in [-0.15, -0.1) is 5.10 Å². The van der Waals surface area contributed by atoms with E-state index in [9.17, 15) is 14.4 Å². The Hall–Kier alpha value is -4.09. The number of aromatic nitrogens is 3.